The Labute approximate surface area is 406 Å². The van der Waals surface area contributed by atoms with Gasteiger partial charge in [0.05, 0.1) is 27.5 Å². The maximum Gasteiger partial charge on any atom is 0.137 e. The minimum absolute atomic E-state index is 0.636. The molecule has 14 rings (SSSR count). The first kappa shape index (κ1) is 39.9. The molecular weight excluding hydrogens is 849 g/mol. The fraction of sp³-hybridized carbons (Fsp3) is 0.0149. The molecule has 1 aliphatic carbocycles. The van der Waals surface area contributed by atoms with Crippen LogP contribution < -0.4 is 4.90 Å². The van der Waals surface area contributed by atoms with Gasteiger partial charge in [0.2, 0.25) is 0 Å². The van der Waals surface area contributed by atoms with Crippen molar-refractivity contribution in [1.82, 2.24) is 4.57 Å². The normalized spacial score (nSPS) is 12.7. The first-order valence-corrected chi connectivity index (χ1v) is 24.1. The van der Waals surface area contributed by atoms with E-state index in [-0.39, 0.29) is 0 Å². The van der Waals surface area contributed by atoms with E-state index in [1.807, 2.05) is 0 Å². The van der Waals surface area contributed by atoms with Crippen LogP contribution in [0.2, 0.25) is 0 Å². The van der Waals surface area contributed by atoms with Crippen molar-refractivity contribution in [2.75, 3.05) is 4.90 Å². The van der Waals surface area contributed by atoms with Gasteiger partial charge in [-0.25, -0.2) is 0 Å². The first-order valence-electron chi connectivity index (χ1n) is 24.1. The number of para-hydroxylation sites is 2. The van der Waals surface area contributed by atoms with Gasteiger partial charge < -0.3 is 13.9 Å². The molecule has 0 aliphatic heterocycles. The Hall–Kier alpha value is -9.18. The van der Waals surface area contributed by atoms with E-state index in [4.69, 9.17) is 4.42 Å². The predicted molar refractivity (Wildman–Crippen MR) is 291 cm³/mol. The van der Waals surface area contributed by atoms with Crippen LogP contribution in [-0.2, 0) is 5.41 Å². The smallest absolute Gasteiger partial charge is 0.137 e. The van der Waals surface area contributed by atoms with Gasteiger partial charge in [-0.2, -0.15) is 0 Å². The van der Waals surface area contributed by atoms with E-state index in [2.05, 4.69) is 276 Å². The first-order chi connectivity index (χ1) is 34.7. The molecule has 3 nitrogen and oxygen atoms in total. The molecule has 0 radical (unpaired) electrons. The van der Waals surface area contributed by atoms with Gasteiger partial charge in [-0.15, -0.1) is 0 Å². The number of nitrogens with zero attached hydrogens (tertiary/aromatic N) is 2. The summed E-state index contributed by atoms with van der Waals surface area (Å²) in [4.78, 5) is 2.45. The Morgan fingerprint density at radius 3 is 1.56 bits per heavy atom. The maximum absolute atomic E-state index is 6.76. The van der Waals surface area contributed by atoms with E-state index < -0.39 is 5.41 Å². The second-order valence-electron chi connectivity index (χ2n) is 18.4. The molecule has 0 saturated carbocycles. The maximum atomic E-state index is 6.76. The molecule has 0 atom stereocenters. The molecular formula is C67H44N2O. The van der Waals surface area contributed by atoms with Crippen LogP contribution in [0.4, 0.5) is 17.1 Å². The molecule has 0 N–H and O–H groups in total. The van der Waals surface area contributed by atoms with Crippen LogP contribution in [0.1, 0.15) is 22.3 Å². The van der Waals surface area contributed by atoms with Crippen molar-refractivity contribution in [3.63, 3.8) is 0 Å². The average molecular weight is 893 g/mol. The Morgan fingerprint density at radius 2 is 0.871 bits per heavy atom. The van der Waals surface area contributed by atoms with Crippen LogP contribution in [0, 0.1) is 0 Å². The Morgan fingerprint density at radius 1 is 0.343 bits per heavy atom. The Kier molecular flexibility index (Phi) is 9.11. The third-order valence-corrected chi connectivity index (χ3v) is 14.6. The Bertz CT molecular complexity index is 4040. The molecule has 0 unspecified atom stereocenters. The summed E-state index contributed by atoms with van der Waals surface area (Å²) in [6.07, 6.45) is 0. The molecule has 0 bridgehead atoms. The van der Waals surface area contributed by atoms with Crippen molar-refractivity contribution in [3.05, 3.63) is 289 Å². The fourth-order valence-corrected chi connectivity index (χ4v) is 11.7. The molecule has 0 saturated heterocycles. The lowest BCUT2D eigenvalue weighted by Gasteiger charge is -2.35. The van der Waals surface area contributed by atoms with Crippen LogP contribution in [0.25, 0.3) is 82.8 Å². The molecule has 328 valence electrons. The highest BCUT2D eigenvalue weighted by molar-refractivity contribution is 6.14. The highest BCUT2D eigenvalue weighted by Crippen LogP contribution is 2.57. The van der Waals surface area contributed by atoms with Gasteiger partial charge in [-0.3, -0.25) is 0 Å². The second-order valence-corrected chi connectivity index (χ2v) is 18.4. The van der Waals surface area contributed by atoms with Crippen LogP contribution in [0.15, 0.2) is 271 Å². The van der Waals surface area contributed by atoms with Crippen LogP contribution >= 0.6 is 0 Å². The third kappa shape index (κ3) is 6.08. The molecule has 1 aliphatic rings. The number of benzene rings is 11. The number of hydrogen-bond acceptors (Lipinski definition) is 2. The summed E-state index contributed by atoms with van der Waals surface area (Å²) in [7, 11) is 0. The summed E-state index contributed by atoms with van der Waals surface area (Å²) < 4.78 is 9.17. The molecule has 2 heterocycles. The molecule has 0 fully saturated rings. The van der Waals surface area contributed by atoms with Crippen molar-refractivity contribution in [2.45, 2.75) is 5.41 Å². The van der Waals surface area contributed by atoms with E-state index >= 15 is 0 Å². The highest BCUT2D eigenvalue weighted by atomic mass is 16.3. The Balaban J connectivity index is 1.05. The lowest BCUT2D eigenvalue weighted by molar-refractivity contribution is 0.669. The molecule has 70 heavy (non-hydrogen) atoms. The van der Waals surface area contributed by atoms with Gasteiger partial charge in [-0.1, -0.05) is 194 Å². The van der Waals surface area contributed by atoms with Crippen LogP contribution in [0.5, 0.6) is 0 Å². The van der Waals surface area contributed by atoms with Gasteiger partial charge >= 0.3 is 0 Å². The van der Waals surface area contributed by atoms with E-state index in [0.29, 0.717) is 0 Å². The zero-order valence-corrected chi connectivity index (χ0v) is 38.2. The number of aromatic nitrogens is 1. The summed E-state index contributed by atoms with van der Waals surface area (Å²) >= 11 is 0. The minimum atomic E-state index is -0.636. The second kappa shape index (κ2) is 16.0. The zero-order chi connectivity index (χ0) is 46.2. The predicted octanol–water partition coefficient (Wildman–Crippen LogP) is 17.8. The molecule has 13 aromatic rings. The standard InChI is InChI=1S/C67H44N2O/c1-3-19-45(20-4-1)47-23-15-24-49(41-47)67(59-33-11-7-29-54(59)55-30-8-12-34-60(55)67)50-25-16-26-51(43-50)68(52-27-17-28-53(44-52)69-61-35-13-9-31-56(61)57-32-10-14-36-62(57)69)63-37-18-38-65-66(63)58-42-48(39-40-64(58)70-65)46-21-5-2-6-22-46/h1-44H. The monoisotopic (exact) mass is 892 g/mol. The molecule has 2 aromatic heterocycles. The van der Waals surface area contributed by atoms with Gasteiger partial charge in [-0.05, 0) is 128 Å². The molecule has 11 aromatic carbocycles. The van der Waals surface area contributed by atoms with Gasteiger partial charge in [0.15, 0.2) is 0 Å². The van der Waals surface area contributed by atoms with E-state index in [1.165, 1.54) is 71.9 Å². The van der Waals surface area contributed by atoms with E-state index in [9.17, 15) is 0 Å². The number of hydrogen-bond donors (Lipinski definition) is 0. The number of fused-ring (bicyclic) bond motifs is 9. The van der Waals surface area contributed by atoms with Crippen molar-refractivity contribution >= 4 is 60.8 Å². The van der Waals surface area contributed by atoms with Crippen LogP contribution in [0.3, 0.4) is 0 Å². The third-order valence-electron chi connectivity index (χ3n) is 14.6. The van der Waals surface area contributed by atoms with Crippen molar-refractivity contribution < 1.29 is 4.42 Å². The number of rotatable bonds is 8. The van der Waals surface area contributed by atoms with Gasteiger partial charge in [0.1, 0.15) is 11.2 Å². The summed E-state index contributed by atoms with van der Waals surface area (Å²) in [5.41, 5.74) is 19.7. The average Bonchev–Trinajstić information content (AvgIpc) is 4.08. The quantitative estimate of drug-likeness (QED) is 0.152. The van der Waals surface area contributed by atoms with Gasteiger partial charge in [0, 0.05) is 33.2 Å². The lowest BCUT2D eigenvalue weighted by atomic mass is 9.67. The summed E-state index contributed by atoms with van der Waals surface area (Å²) in [6, 6.07) is 97.5. The summed E-state index contributed by atoms with van der Waals surface area (Å²) in [6.45, 7) is 0. The largest absolute Gasteiger partial charge is 0.456 e. The van der Waals surface area contributed by atoms with E-state index in [0.717, 1.165) is 50.3 Å². The van der Waals surface area contributed by atoms with E-state index in [1.54, 1.807) is 0 Å². The molecule has 3 heteroatoms. The number of furan rings is 1. The lowest BCUT2D eigenvalue weighted by Crippen LogP contribution is -2.29. The van der Waals surface area contributed by atoms with Crippen molar-refractivity contribution in [3.8, 4) is 39.1 Å². The number of anilines is 3. The topological polar surface area (TPSA) is 21.3 Å². The molecule has 0 spiro atoms. The fourth-order valence-electron chi connectivity index (χ4n) is 11.7. The zero-order valence-electron chi connectivity index (χ0n) is 38.2. The van der Waals surface area contributed by atoms with Crippen molar-refractivity contribution in [2.24, 2.45) is 0 Å². The minimum Gasteiger partial charge on any atom is -0.456 e. The van der Waals surface area contributed by atoms with Crippen LogP contribution in [-0.4, -0.2) is 4.57 Å². The summed E-state index contributed by atoms with van der Waals surface area (Å²) in [5.74, 6) is 0. The SMILES string of the molecule is c1ccc(-c2cccc(C3(c4cccc(N(c5cccc(-n6c7ccccc7c7ccccc76)c5)c5cccc6oc7ccc(-c8ccccc8)cc7c56)c4)c4ccccc4-c4ccccc43)c2)cc1. The molecule has 0 amide bonds. The highest BCUT2D eigenvalue weighted by Gasteiger charge is 2.46. The van der Waals surface area contributed by atoms with Crippen molar-refractivity contribution in [1.29, 1.82) is 0 Å². The summed E-state index contributed by atoms with van der Waals surface area (Å²) in [5, 5.41) is 4.59. The van der Waals surface area contributed by atoms with Gasteiger partial charge in [0.25, 0.3) is 0 Å².